The average molecular weight is 314 g/mol. The molecule has 1 saturated heterocycles. The molecule has 0 radical (unpaired) electrons. The molecular formula is C12H21F3N2O2S. The van der Waals surface area contributed by atoms with Crippen molar-refractivity contribution in [2.24, 2.45) is 5.92 Å². The van der Waals surface area contributed by atoms with Crippen molar-refractivity contribution in [3.8, 4) is 0 Å². The van der Waals surface area contributed by atoms with Crippen LogP contribution >= 0.6 is 0 Å². The van der Waals surface area contributed by atoms with Crippen molar-refractivity contribution in [1.29, 1.82) is 0 Å². The first-order valence-corrected chi connectivity index (χ1v) is 7.80. The van der Waals surface area contributed by atoms with Gasteiger partial charge in [-0.05, 0) is 13.8 Å². The van der Waals surface area contributed by atoms with Crippen molar-refractivity contribution in [2.45, 2.75) is 25.3 Å². The molecule has 2 atom stereocenters. The Labute approximate surface area is 118 Å². The molecule has 1 aliphatic rings. The molecule has 1 rings (SSSR count). The van der Waals surface area contributed by atoms with Crippen molar-refractivity contribution >= 4 is 10.0 Å². The van der Waals surface area contributed by atoms with Gasteiger partial charge in [-0.2, -0.15) is 13.2 Å². The zero-order valence-corrected chi connectivity index (χ0v) is 12.9. The summed E-state index contributed by atoms with van der Waals surface area (Å²) in [5.41, 5.74) is 0.993. The zero-order valence-electron chi connectivity index (χ0n) is 12.1. The third kappa shape index (κ3) is 3.95. The molecule has 0 aromatic heterocycles. The molecule has 20 heavy (non-hydrogen) atoms. The molecule has 0 unspecified atom stereocenters. The second kappa shape index (κ2) is 6.03. The molecule has 0 amide bonds. The van der Waals surface area contributed by atoms with Crippen LogP contribution in [0.2, 0.25) is 0 Å². The molecular weight excluding hydrogens is 293 g/mol. The van der Waals surface area contributed by atoms with Gasteiger partial charge in [-0.3, -0.25) is 4.90 Å². The lowest BCUT2D eigenvalue weighted by molar-refractivity contribution is -0.169. The number of alkyl halides is 3. The van der Waals surface area contributed by atoms with Crippen molar-refractivity contribution in [3.05, 3.63) is 11.6 Å². The first kappa shape index (κ1) is 17.5. The van der Waals surface area contributed by atoms with Gasteiger partial charge in [-0.25, -0.2) is 12.7 Å². The van der Waals surface area contributed by atoms with Crippen LogP contribution < -0.4 is 0 Å². The predicted octanol–water partition coefficient (Wildman–Crippen LogP) is 1.71. The lowest BCUT2D eigenvalue weighted by Gasteiger charge is -2.24. The van der Waals surface area contributed by atoms with Gasteiger partial charge in [-0.1, -0.05) is 11.6 Å². The topological polar surface area (TPSA) is 40.6 Å². The monoisotopic (exact) mass is 314 g/mol. The van der Waals surface area contributed by atoms with E-state index in [1.165, 1.54) is 19.0 Å². The predicted molar refractivity (Wildman–Crippen MR) is 71.8 cm³/mol. The summed E-state index contributed by atoms with van der Waals surface area (Å²) < 4.78 is 64.1. The SMILES string of the molecule is CC(C)=CCN1C[C@@H](C(F)(F)F)[C@H](S(=O)(=O)N(C)C)C1. The standard InChI is InChI=1S/C12H21F3N2O2S/c1-9(2)5-6-17-7-10(12(13,14)15)11(8-17)20(18,19)16(3)4/h5,10-11H,6-8H2,1-4H3/t10-,11-/m1/s1. The Morgan fingerprint density at radius 3 is 2.25 bits per heavy atom. The summed E-state index contributed by atoms with van der Waals surface area (Å²) in [6.07, 6.45) is -2.70. The Hall–Kier alpha value is -0.600. The lowest BCUT2D eigenvalue weighted by Crippen LogP contribution is -2.43. The minimum Gasteiger partial charge on any atom is -0.298 e. The molecule has 1 aliphatic heterocycles. The number of hydrogen-bond acceptors (Lipinski definition) is 3. The van der Waals surface area contributed by atoms with E-state index in [4.69, 9.17) is 0 Å². The number of sulfonamides is 1. The number of rotatable bonds is 4. The summed E-state index contributed by atoms with van der Waals surface area (Å²) in [5, 5.41) is -1.43. The van der Waals surface area contributed by atoms with E-state index >= 15 is 0 Å². The number of hydrogen-bond donors (Lipinski definition) is 0. The minimum atomic E-state index is -4.51. The number of allylic oxidation sites excluding steroid dienone is 1. The second-order valence-corrected chi connectivity index (χ2v) is 7.88. The quantitative estimate of drug-likeness (QED) is 0.742. The van der Waals surface area contributed by atoms with Crippen LogP contribution in [0.15, 0.2) is 11.6 Å². The highest BCUT2D eigenvalue weighted by atomic mass is 32.2. The lowest BCUT2D eigenvalue weighted by atomic mass is 10.1. The third-order valence-electron chi connectivity index (χ3n) is 3.41. The maximum Gasteiger partial charge on any atom is 0.394 e. The van der Waals surface area contributed by atoms with E-state index in [-0.39, 0.29) is 13.1 Å². The highest BCUT2D eigenvalue weighted by molar-refractivity contribution is 7.89. The number of halogens is 3. The molecule has 0 aromatic carbocycles. The largest absolute Gasteiger partial charge is 0.394 e. The van der Waals surface area contributed by atoms with Crippen LogP contribution in [0.1, 0.15) is 13.8 Å². The summed E-state index contributed by atoms with van der Waals surface area (Å²) in [7, 11) is -1.40. The smallest absolute Gasteiger partial charge is 0.298 e. The molecule has 1 fully saturated rings. The first-order chi connectivity index (χ1) is 8.96. The van der Waals surface area contributed by atoms with E-state index in [0.717, 1.165) is 9.88 Å². The van der Waals surface area contributed by atoms with Crippen LogP contribution in [0.4, 0.5) is 13.2 Å². The maximum absolute atomic E-state index is 13.1. The van der Waals surface area contributed by atoms with Gasteiger partial charge in [0, 0.05) is 33.7 Å². The highest BCUT2D eigenvalue weighted by Gasteiger charge is 2.54. The number of nitrogens with zero attached hydrogens (tertiary/aromatic N) is 2. The van der Waals surface area contributed by atoms with Crippen LogP contribution in [-0.4, -0.2) is 62.8 Å². The van der Waals surface area contributed by atoms with E-state index in [1.54, 1.807) is 6.08 Å². The molecule has 118 valence electrons. The fourth-order valence-electron chi connectivity index (χ4n) is 2.20. The average Bonchev–Trinajstić information content (AvgIpc) is 2.70. The Bertz CT molecular complexity index is 468. The second-order valence-electron chi connectivity index (χ2n) is 5.51. The van der Waals surface area contributed by atoms with Gasteiger partial charge in [0.15, 0.2) is 0 Å². The van der Waals surface area contributed by atoms with Crippen LogP contribution in [0, 0.1) is 5.92 Å². The molecule has 4 nitrogen and oxygen atoms in total. The normalized spacial score (nSPS) is 25.2. The van der Waals surface area contributed by atoms with E-state index in [0.29, 0.717) is 6.54 Å². The zero-order chi connectivity index (χ0) is 15.7. The molecule has 0 saturated carbocycles. The van der Waals surface area contributed by atoms with Crippen molar-refractivity contribution in [2.75, 3.05) is 33.7 Å². The maximum atomic E-state index is 13.1. The fraction of sp³-hybridized carbons (Fsp3) is 0.833. The van der Waals surface area contributed by atoms with E-state index in [2.05, 4.69) is 0 Å². The minimum absolute atomic E-state index is 0.0888. The summed E-state index contributed by atoms with van der Waals surface area (Å²) >= 11 is 0. The van der Waals surface area contributed by atoms with Crippen LogP contribution in [0.25, 0.3) is 0 Å². The molecule has 0 aromatic rings. The van der Waals surface area contributed by atoms with E-state index in [1.807, 2.05) is 13.8 Å². The summed E-state index contributed by atoms with van der Waals surface area (Å²) in [5.74, 6) is -1.83. The molecule has 8 heteroatoms. The van der Waals surface area contributed by atoms with Gasteiger partial charge < -0.3 is 0 Å². The summed E-state index contributed by atoms with van der Waals surface area (Å²) in [4.78, 5) is 1.54. The Kier molecular flexibility index (Phi) is 5.26. The van der Waals surface area contributed by atoms with Crippen molar-refractivity contribution in [1.82, 2.24) is 9.21 Å². The molecule has 1 heterocycles. The molecule has 0 N–H and O–H groups in total. The Morgan fingerprint density at radius 2 is 1.85 bits per heavy atom. The third-order valence-corrected chi connectivity index (χ3v) is 5.67. The molecule has 0 spiro atoms. The van der Waals surface area contributed by atoms with Crippen LogP contribution in [0.5, 0.6) is 0 Å². The Balaban J connectivity index is 2.99. The van der Waals surface area contributed by atoms with Gasteiger partial charge in [0.1, 0.15) is 5.25 Å². The number of likely N-dealkylation sites (tertiary alicyclic amines) is 1. The van der Waals surface area contributed by atoms with E-state index < -0.39 is 27.4 Å². The van der Waals surface area contributed by atoms with Crippen molar-refractivity contribution < 1.29 is 21.6 Å². The van der Waals surface area contributed by atoms with Gasteiger partial charge >= 0.3 is 6.18 Å². The van der Waals surface area contributed by atoms with Crippen molar-refractivity contribution in [3.63, 3.8) is 0 Å². The molecule has 0 bridgehead atoms. The fourth-order valence-corrected chi connectivity index (χ4v) is 3.80. The Morgan fingerprint density at radius 1 is 1.30 bits per heavy atom. The highest BCUT2D eigenvalue weighted by Crippen LogP contribution is 2.37. The van der Waals surface area contributed by atoms with Crippen LogP contribution in [0.3, 0.4) is 0 Å². The first-order valence-electron chi connectivity index (χ1n) is 6.30. The van der Waals surface area contributed by atoms with Gasteiger partial charge in [-0.15, -0.1) is 0 Å². The molecule has 0 aliphatic carbocycles. The van der Waals surface area contributed by atoms with Crippen LogP contribution in [-0.2, 0) is 10.0 Å². The van der Waals surface area contributed by atoms with Gasteiger partial charge in [0.05, 0.1) is 5.92 Å². The summed E-state index contributed by atoms with van der Waals surface area (Å²) in [6.45, 7) is 3.69. The van der Waals surface area contributed by atoms with Gasteiger partial charge in [0.2, 0.25) is 10.0 Å². The summed E-state index contributed by atoms with van der Waals surface area (Å²) in [6, 6.07) is 0. The van der Waals surface area contributed by atoms with Gasteiger partial charge in [0.25, 0.3) is 0 Å². The van der Waals surface area contributed by atoms with E-state index in [9.17, 15) is 21.6 Å².